The van der Waals surface area contributed by atoms with E-state index in [2.05, 4.69) is 17.1 Å². The summed E-state index contributed by atoms with van der Waals surface area (Å²) in [7, 11) is 0. The molecule has 2 atom stereocenters. The first-order valence-electron chi connectivity index (χ1n) is 4.60. The molecule has 0 amide bonds. The van der Waals surface area contributed by atoms with Gasteiger partial charge in [-0.3, -0.25) is 0 Å². The fourth-order valence-electron chi connectivity index (χ4n) is 1.52. The number of H-pyrrole nitrogens is 1. The summed E-state index contributed by atoms with van der Waals surface area (Å²) >= 11 is 8.81. The Labute approximate surface area is 96.4 Å². The number of thioether (sulfide) groups is 2. The second-order valence-electron chi connectivity index (χ2n) is 3.08. The van der Waals surface area contributed by atoms with Gasteiger partial charge in [-0.25, -0.2) is 5.16 Å². The Morgan fingerprint density at radius 3 is 3.00 bits per heavy atom. The van der Waals surface area contributed by atoms with Crippen LogP contribution >= 0.6 is 35.7 Å². The van der Waals surface area contributed by atoms with Gasteiger partial charge in [-0.1, -0.05) is 6.92 Å². The Balaban J connectivity index is 2.18. The van der Waals surface area contributed by atoms with Gasteiger partial charge in [0.2, 0.25) is 0 Å². The van der Waals surface area contributed by atoms with Gasteiger partial charge in [0.05, 0.1) is 5.25 Å². The second-order valence-corrected chi connectivity index (χ2v) is 6.02. The average molecular weight is 248 g/mol. The maximum absolute atomic E-state index is 4.97. The van der Waals surface area contributed by atoms with Crippen LogP contribution in [0.1, 0.15) is 24.4 Å². The Kier molecular flexibility index (Phi) is 3.57. The highest BCUT2D eigenvalue weighted by atomic mass is 32.2. The molecule has 1 aliphatic heterocycles. The van der Waals surface area contributed by atoms with E-state index >= 15 is 0 Å². The third kappa shape index (κ3) is 2.17. The molecule has 1 aromatic rings. The molecule has 2 rings (SSSR count). The molecule has 78 valence electrons. The summed E-state index contributed by atoms with van der Waals surface area (Å²) in [6, 6.07) is 0. The fourth-order valence-corrected chi connectivity index (χ4v) is 4.66. The number of rotatable bonds is 2. The lowest BCUT2D eigenvalue weighted by molar-refractivity contribution is 0.397. The van der Waals surface area contributed by atoms with Gasteiger partial charge >= 0.3 is 4.84 Å². The first-order valence-corrected chi connectivity index (χ1v) is 7.10. The lowest BCUT2D eigenvalue weighted by atomic mass is 10.2. The number of hydrogen-bond donors (Lipinski definition) is 1. The number of aromatic nitrogens is 2. The van der Waals surface area contributed by atoms with Crippen molar-refractivity contribution in [1.82, 2.24) is 10.1 Å². The third-order valence-electron chi connectivity index (χ3n) is 2.18. The molecule has 0 aromatic carbocycles. The van der Waals surface area contributed by atoms with Crippen LogP contribution in [0.4, 0.5) is 0 Å². The van der Waals surface area contributed by atoms with Crippen LogP contribution in [0.15, 0.2) is 4.52 Å². The van der Waals surface area contributed by atoms with E-state index < -0.39 is 0 Å². The molecular formula is C8H12N2OS3. The second kappa shape index (κ2) is 4.72. The van der Waals surface area contributed by atoms with E-state index in [0.717, 1.165) is 12.2 Å². The highest BCUT2D eigenvalue weighted by molar-refractivity contribution is 8.06. The van der Waals surface area contributed by atoms with Crippen molar-refractivity contribution in [3.05, 3.63) is 10.7 Å². The molecule has 1 aliphatic rings. The molecule has 14 heavy (non-hydrogen) atoms. The highest BCUT2D eigenvalue weighted by Gasteiger charge is 2.28. The van der Waals surface area contributed by atoms with Crippen LogP contribution in [0.3, 0.4) is 0 Å². The SMILES string of the molecule is CCC1SCCSC1c1nc(=S)o[nH]1. The molecule has 0 aliphatic carbocycles. The first kappa shape index (κ1) is 10.6. The van der Waals surface area contributed by atoms with Crippen molar-refractivity contribution in [3.63, 3.8) is 0 Å². The van der Waals surface area contributed by atoms with Gasteiger partial charge in [-0.15, -0.1) is 11.8 Å². The number of aromatic amines is 1. The molecule has 0 saturated carbocycles. The van der Waals surface area contributed by atoms with Gasteiger partial charge in [-0.2, -0.15) is 16.7 Å². The normalized spacial score (nSPS) is 27.8. The zero-order chi connectivity index (χ0) is 9.97. The maximum Gasteiger partial charge on any atom is 0.314 e. The van der Waals surface area contributed by atoms with Crippen molar-refractivity contribution >= 4 is 35.7 Å². The molecule has 3 nitrogen and oxygen atoms in total. The number of hydrogen-bond acceptors (Lipinski definition) is 5. The van der Waals surface area contributed by atoms with E-state index in [1.54, 1.807) is 0 Å². The van der Waals surface area contributed by atoms with Crippen LogP contribution in [0, 0.1) is 4.84 Å². The summed E-state index contributed by atoms with van der Waals surface area (Å²) in [4.78, 5) is 4.50. The summed E-state index contributed by atoms with van der Waals surface area (Å²) in [6.07, 6.45) is 1.16. The molecule has 2 unspecified atom stereocenters. The van der Waals surface area contributed by atoms with E-state index in [9.17, 15) is 0 Å². The Morgan fingerprint density at radius 2 is 2.36 bits per heavy atom. The van der Waals surface area contributed by atoms with E-state index in [-0.39, 0.29) is 0 Å². The molecule has 0 spiro atoms. The van der Waals surface area contributed by atoms with Crippen molar-refractivity contribution < 1.29 is 4.52 Å². The zero-order valence-corrected chi connectivity index (χ0v) is 10.3. The fraction of sp³-hybridized carbons (Fsp3) is 0.750. The van der Waals surface area contributed by atoms with Crippen LogP contribution < -0.4 is 0 Å². The van der Waals surface area contributed by atoms with Gasteiger partial charge in [0, 0.05) is 16.8 Å². The summed E-state index contributed by atoms with van der Waals surface area (Å²) in [6.45, 7) is 2.21. The lowest BCUT2D eigenvalue weighted by Gasteiger charge is -2.27. The van der Waals surface area contributed by atoms with Gasteiger partial charge in [-0.05, 0) is 18.6 Å². The van der Waals surface area contributed by atoms with Gasteiger partial charge in [0.25, 0.3) is 0 Å². The Bertz CT molecular complexity index is 348. The molecular weight excluding hydrogens is 236 g/mol. The zero-order valence-electron chi connectivity index (χ0n) is 7.86. The van der Waals surface area contributed by atoms with Crippen LogP contribution in [0.2, 0.25) is 0 Å². The molecule has 2 heterocycles. The van der Waals surface area contributed by atoms with Crippen LogP contribution in [-0.4, -0.2) is 26.9 Å². The Hall–Kier alpha value is 0.0600. The van der Waals surface area contributed by atoms with Crippen molar-refractivity contribution in [3.8, 4) is 0 Å². The number of nitrogens with zero attached hydrogens (tertiary/aromatic N) is 1. The minimum Gasteiger partial charge on any atom is -0.348 e. The minimum atomic E-state index is 0.311. The summed E-state index contributed by atoms with van der Waals surface area (Å²) < 4.78 is 4.97. The predicted molar refractivity (Wildman–Crippen MR) is 63.4 cm³/mol. The van der Waals surface area contributed by atoms with Crippen molar-refractivity contribution in [2.24, 2.45) is 0 Å². The summed E-state index contributed by atoms with van der Waals surface area (Å²) in [5, 5.41) is 3.86. The van der Waals surface area contributed by atoms with Crippen molar-refractivity contribution in [2.45, 2.75) is 23.8 Å². The van der Waals surface area contributed by atoms with Crippen LogP contribution in [0.5, 0.6) is 0 Å². The smallest absolute Gasteiger partial charge is 0.314 e. The van der Waals surface area contributed by atoms with Crippen molar-refractivity contribution in [1.29, 1.82) is 0 Å². The highest BCUT2D eigenvalue weighted by Crippen LogP contribution is 2.42. The third-order valence-corrected chi connectivity index (χ3v) is 5.61. The van der Waals surface area contributed by atoms with Crippen molar-refractivity contribution in [2.75, 3.05) is 11.5 Å². The quantitative estimate of drug-likeness (QED) is 0.815. The monoisotopic (exact) mass is 248 g/mol. The largest absolute Gasteiger partial charge is 0.348 e. The lowest BCUT2D eigenvalue weighted by Crippen LogP contribution is -2.19. The molecule has 1 fully saturated rings. The minimum absolute atomic E-state index is 0.311. The predicted octanol–water partition coefficient (Wildman–Crippen LogP) is 3.03. The summed E-state index contributed by atoms with van der Waals surface area (Å²) in [5.41, 5.74) is 0. The molecule has 1 aromatic heterocycles. The van der Waals surface area contributed by atoms with E-state index in [4.69, 9.17) is 16.7 Å². The average Bonchev–Trinajstić information content (AvgIpc) is 2.65. The topological polar surface area (TPSA) is 41.8 Å². The Morgan fingerprint density at radius 1 is 1.57 bits per heavy atom. The van der Waals surface area contributed by atoms with E-state index in [1.807, 2.05) is 23.5 Å². The molecule has 1 N–H and O–H groups in total. The van der Waals surface area contributed by atoms with Crippen LogP contribution in [-0.2, 0) is 0 Å². The molecule has 0 bridgehead atoms. The molecule has 6 heteroatoms. The van der Waals surface area contributed by atoms with Gasteiger partial charge < -0.3 is 4.52 Å². The van der Waals surface area contributed by atoms with Crippen LogP contribution in [0.25, 0.3) is 0 Å². The molecule has 1 saturated heterocycles. The van der Waals surface area contributed by atoms with Gasteiger partial charge in [0.15, 0.2) is 5.82 Å². The standard InChI is InChI=1S/C8H12N2OS3/c1-2-5-6(14-4-3-13-5)7-9-8(12)11-10-7/h5-6H,2-4H2,1H3,(H,9,10,12). The summed E-state index contributed by atoms with van der Waals surface area (Å²) in [5.74, 6) is 3.32. The molecule has 0 radical (unpaired) electrons. The number of nitrogens with one attached hydrogen (secondary N) is 1. The first-order chi connectivity index (χ1) is 6.81. The van der Waals surface area contributed by atoms with Gasteiger partial charge in [0.1, 0.15) is 0 Å². The van der Waals surface area contributed by atoms with E-state index in [1.165, 1.54) is 11.5 Å². The van der Waals surface area contributed by atoms with E-state index in [0.29, 0.717) is 15.3 Å². The maximum atomic E-state index is 4.97.